The van der Waals surface area contributed by atoms with Gasteiger partial charge in [0.05, 0.1) is 11.4 Å². The molecule has 0 amide bonds. The summed E-state index contributed by atoms with van der Waals surface area (Å²) < 4.78 is 31.9. The van der Waals surface area contributed by atoms with Gasteiger partial charge in [-0.25, -0.2) is 13.1 Å². The van der Waals surface area contributed by atoms with E-state index in [4.69, 9.17) is 10.5 Å². The molecule has 0 aliphatic rings. The lowest BCUT2D eigenvalue weighted by molar-refractivity contribution is 0.196. The number of methoxy groups -OCH3 is 1. The summed E-state index contributed by atoms with van der Waals surface area (Å²) in [5.41, 5.74) is 6.63. The van der Waals surface area contributed by atoms with Crippen molar-refractivity contribution in [2.24, 2.45) is 5.73 Å². The van der Waals surface area contributed by atoms with Gasteiger partial charge in [-0.2, -0.15) is 0 Å². The standard InChI is InChI=1S/C14H20N2O3S/c1-12-6-7-13(5-3-8-15)11-14(12)20(17,18)16-9-4-10-19-2/h6-7,11,16H,4,8-10,15H2,1-2H3. The van der Waals surface area contributed by atoms with E-state index in [1.165, 1.54) is 0 Å². The SMILES string of the molecule is COCCCNS(=O)(=O)c1cc(C#CCN)ccc1C. The number of ether oxygens (including phenoxy) is 1. The first kappa shape index (κ1) is 16.7. The first-order valence-electron chi connectivity index (χ1n) is 6.29. The molecule has 0 unspecified atom stereocenters. The summed E-state index contributed by atoms with van der Waals surface area (Å²) in [6.45, 7) is 2.85. The largest absolute Gasteiger partial charge is 0.385 e. The Labute approximate surface area is 120 Å². The third-order valence-corrected chi connectivity index (χ3v) is 4.23. The van der Waals surface area contributed by atoms with Crippen LogP contribution in [0.2, 0.25) is 0 Å². The van der Waals surface area contributed by atoms with Crippen molar-refractivity contribution in [3.05, 3.63) is 29.3 Å². The summed E-state index contributed by atoms with van der Waals surface area (Å²) >= 11 is 0. The lowest BCUT2D eigenvalue weighted by atomic mass is 10.1. The average molecular weight is 296 g/mol. The Hall–Kier alpha value is -1.39. The van der Waals surface area contributed by atoms with Crippen LogP contribution in [0.1, 0.15) is 17.5 Å². The number of aryl methyl sites for hydroxylation is 1. The second-order valence-corrected chi connectivity index (χ2v) is 5.97. The Bertz CT molecular complexity index is 601. The molecule has 0 radical (unpaired) electrons. The minimum absolute atomic E-state index is 0.241. The van der Waals surface area contributed by atoms with Gasteiger partial charge >= 0.3 is 0 Å². The monoisotopic (exact) mass is 296 g/mol. The summed E-state index contributed by atoms with van der Waals surface area (Å²) in [4.78, 5) is 0.249. The maximum absolute atomic E-state index is 12.2. The third kappa shape index (κ3) is 4.94. The second-order valence-electron chi connectivity index (χ2n) is 4.23. The summed E-state index contributed by atoms with van der Waals surface area (Å²) in [5, 5.41) is 0. The van der Waals surface area contributed by atoms with E-state index in [0.29, 0.717) is 30.7 Å². The maximum atomic E-state index is 12.2. The Kier molecular flexibility index (Phi) is 6.68. The highest BCUT2D eigenvalue weighted by Gasteiger charge is 2.16. The van der Waals surface area contributed by atoms with E-state index in [0.717, 1.165) is 0 Å². The third-order valence-electron chi connectivity index (χ3n) is 2.63. The molecule has 1 aromatic carbocycles. The molecule has 0 atom stereocenters. The molecule has 0 bridgehead atoms. The van der Waals surface area contributed by atoms with E-state index in [2.05, 4.69) is 16.6 Å². The molecule has 0 spiro atoms. The quantitative estimate of drug-likeness (QED) is 0.595. The molecule has 0 fully saturated rings. The molecule has 110 valence electrons. The maximum Gasteiger partial charge on any atom is 0.240 e. The zero-order chi connectivity index (χ0) is 15.0. The average Bonchev–Trinajstić information content (AvgIpc) is 2.42. The molecule has 3 N–H and O–H groups in total. The molecule has 0 aliphatic heterocycles. The van der Waals surface area contributed by atoms with Crippen LogP contribution in [0.5, 0.6) is 0 Å². The Morgan fingerprint density at radius 3 is 2.80 bits per heavy atom. The minimum atomic E-state index is -3.52. The first-order chi connectivity index (χ1) is 9.51. The number of nitrogens with one attached hydrogen (secondary N) is 1. The van der Waals surface area contributed by atoms with Crippen molar-refractivity contribution in [2.75, 3.05) is 26.8 Å². The van der Waals surface area contributed by atoms with Crippen molar-refractivity contribution in [1.29, 1.82) is 0 Å². The Morgan fingerprint density at radius 1 is 1.40 bits per heavy atom. The number of sulfonamides is 1. The number of hydrogen-bond donors (Lipinski definition) is 2. The van der Waals surface area contributed by atoms with Crippen LogP contribution in [0.15, 0.2) is 23.1 Å². The van der Waals surface area contributed by atoms with Crippen molar-refractivity contribution in [2.45, 2.75) is 18.2 Å². The van der Waals surface area contributed by atoms with Crippen LogP contribution >= 0.6 is 0 Å². The molecule has 20 heavy (non-hydrogen) atoms. The lowest BCUT2D eigenvalue weighted by Crippen LogP contribution is -2.26. The number of hydrogen-bond acceptors (Lipinski definition) is 4. The van der Waals surface area contributed by atoms with E-state index in [-0.39, 0.29) is 11.4 Å². The number of benzene rings is 1. The highest BCUT2D eigenvalue weighted by atomic mass is 32.2. The Morgan fingerprint density at radius 2 is 2.15 bits per heavy atom. The van der Waals surface area contributed by atoms with Crippen LogP contribution in [0.4, 0.5) is 0 Å². The predicted molar refractivity (Wildman–Crippen MR) is 78.8 cm³/mol. The van der Waals surface area contributed by atoms with E-state index in [1.54, 1.807) is 32.2 Å². The highest BCUT2D eigenvalue weighted by molar-refractivity contribution is 7.89. The van der Waals surface area contributed by atoms with Gasteiger partial charge in [-0.05, 0) is 31.0 Å². The van der Waals surface area contributed by atoms with E-state index in [9.17, 15) is 8.42 Å². The first-order valence-corrected chi connectivity index (χ1v) is 7.78. The molecule has 1 aromatic rings. The van der Waals surface area contributed by atoms with Gasteiger partial charge in [-0.15, -0.1) is 0 Å². The molecule has 1 rings (SSSR count). The second kappa shape index (κ2) is 8.02. The van der Waals surface area contributed by atoms with Gasteiger partial charge in [0.15, 0.2) is 0 Å². The molecule has 0 aromatic heterocycles. The number of rotatable bonds is 6. The zero-order valence-electron chi connectivity index (χ0n) is 11.8. The molecular formula is C14H20N2O3S. The van der Waals surface area contributed by atoms with E-state index in [1.807, 2.05) is 0 Å². The van der Waals surface area contributed by atoms with Crippen LogP contribution in [-0.4, -0.2) is 35.2 Å². The predicted octanol–water partition coefficient (Wildman–Crippen LogP) is 0.620. The highest BCUT2D eigenvalue weighted by Crippen LogP contribution is 2.16. The van der Waals surface area contributed by atoms with Gasteiger partial charge in [0.25, 0.3) is 0 Å². The van der Waals surface area contributed by atoms with Crippen LogP contribution in [0.25, 0.3) is 0 Å². The van der Waals surface area contributed by atoms with Crippen molar-refractivity contribution in [3.63, 3.8) is 0 Å². The fourth-order valence-electron chi connectivity index (χ4n) is 1.62. The molecule has 5 nitrogen and oxygen atoms in total. The topological polar surface area (TPSA) is 81.4 Å². The van der Waals surface area contributed by atoms with Crippen LogP contribution in [0.3, 0.4) is 0 Å². The zero-order valence-corrected chi connectivity index (χ0v) is 12.6. The van der Waals surface area contributed by atoms with Gasteiger partial charge in [-0.1, -0.05) is 17.9 Å². The summed E-state index contributed by atoms with van der Waals surface area (Å²) in [6.07, 6.45) is 0.626. The van der Waals surface area contributed by atoms with Crippen molar-refractivity contribution >= 4 is 10.0 Å². The van der Waals surface area contributed by atoms with Crippen LogP contribution < -0.4 is 10.5 Å². The van der Waals surface area contributed by atoms with Crippen molar-refractivity contribution in [1.82, 2.24) is 4.72 Å². The molecule has 0 saturated carbocycles. The number of nitrogens with two attached hydrogens (primary N) is 1. The Balaban J connectivity index is 2.93. The van der Waals surface area contributed by atoms with Gasteiger partial charge in [-0.3, -0.25) is 0 Å². The molecule has 6 heteroatoms. The summed E-state index contributed by atoms with van der Waals surface area (Å²) in [5.74, 6) is 5.54. The van der Waals surface area contributed by atoms with Crippen molar-refractivity contribution < 1.29 is 13.2 Å². The van der Waals surface area contributed by atoms with Gasteiger partial charge < -0.3 is 10.5 Å². The van der Waals surface area contributed by atoms with E-state index >= 15 is 0 Å². The minimum Gasteiger partial charge on any atom is -0.385 e. The fourth-order valence-corrected chi connectivity index (χ4v) is 2.96. The summed E-state index contributed by atoms with van der Waals surface area (Å²) in [7, 11) is -1.94. The van der Waals surface area contributed by atoms with Crippen LogP contribution in [0, 0.1) is 18.8 Å². The lowest BCUT2D eigenvalue weighted by Gasteiger charge is -2.09. The van der Waals surface area contributed by atoms with Gasteiger partial charge in [0, 0.05) is 25.8 Å². The van der Waals surface area contributed by atoms with Gasteiger partial charge in [0.2, 0.25) is 10.0 Å². The van der Waals surface area contributed by atoms with Gasteiger partial charge in [0.1, 0.15) is 0 Å². The smallest absolute Gasteiger partial charge is 0.240 e. The molecule has 0 aliphatic carbocycles. The molecule has 0 heterocycles. The normalized spacial score (nSPS) is 10.9. The molecular weight excluding hydrogens is 276 g/mol. The van der Waals surface area contributed by atoms with E-state index < -0.39 is 10.0 Å². The fraction of sp³-hybridized carbons (Fsp3) is 0.429. The summed E-state index contributed by atoms with van der Waals surface area (Å²) in [6, 6.07) is 5.09. The van der Waals surface area contributed by atoms with Crippen molar-refractivity contribution in [3.8, 4) is 11.8 Å². The molecule has 0 saturated heterocycles. The van der Waals surface area contributed by atoms with Crippen LogP contribution in [-0.2, 0) is 14.8 Å².